The highest BCUT2D eigenvalue weighted by Gasteiger charge is 2.66. The minimum absolute atomic E-state index is 0.0462. The summed E-state index contributed by atoms with van der Waals surface area (Å²) in [6.45, 7) is 1.67. The van der Waals surface area contributed by atoms with Gasteiger partial charge in [0.05, 0.1) is 24.3 Å². The third kappa shape index (κ3) is 3.13. The molecule has 1 fully saturated rings. The monoisotopic (exact) mass is 414 g/mol. The maximum atomic E-state index is 13.1. The van der Waals surface area contributed by atoms with Gasteiger partial charge in [-0.3, -0.25) is 14.4 Å². The number of nitrogens with two attached hydrogens (primary N) is 2. The molecule has 2 amide bonds. The molecule has 4 N–H and O–H groups in total. The van der Waals surface area contributed by atoms with E-state index in [4.69, 9.17) is 27.8 Å². The van der Waals surface area contributed by atoms with Crippen LogP contribution in [0.1, 0.15) is 18.4 Å². The second kappa shape index (κ2) is 7.60. The van der Waals surface area contributed by atoms with Gasteiger partial charge in [0.2, 0.25) is 11.8 Å². The van der Waals surface area contributed by atoms with Crippen molar-refractivity contribution in [3.05, 3.63) is 58.8 Å². The molecule has 0 radical (unpaired) electrons. The molecule has 1 aromatic rings. The first-order valence-corrected chi connectivity index (χ1v) is 9.26. The minimum Gasteiger partial charge on any atom is -0.465 e. The molecular weight excluding hydrogens is 396 g/mol. The molecule has 8 nitrogen and oxygen atoms in total. The number of benzene rings is 1. The molecule has 2 aliphatic rings. The van der Waals surface area contributed by atoms with Crippen LogP contribution < -0.4 is 11.5 Å². The molecule has 0 unspecified atom stereocenters. The molecule has 150 valence electrons. The second-order valence-corrected chi connectivity index (χ2v) is 7.22. The van der Waals surface area contributed by atoms with Gasteiger partial charge in [-0.1, -0.05) is 29.8 Å². The third-order valence-electron chi connectivity index (χ3n) is 5.24. The zero-order chi connectivity index (χ0) is 21.3. The topological polar surface area (TPSA) is 140 Å². The van der Waals surface area contributed by atoms with Crippen LogP contribution in [0.4, 0.5) is 0 Å². The first-order chi connectivity index (χ1) is 13.8. The molecule has 9 heteroatoms. The summed E-state index contributed by atoms with van der Waals surface area (Å²) in [5.74, 6) is -3.25. The van der Waals surface area contributed by atoms with Crippen molar-refractivity contribution in [2.45, 2.75) is 24.9 Å². The van der Waals surface area contributed by atoms with Crippen molar-refractivity contribution >= 4 is 29.4 Å². The second-order valence-electron chi connectivity index (χ2n) is 6.78. The van der Waals surface area contributed by atoms with Crippen LogP contribution >= 0.6 is 11.6 Å². The summed E-state index contributed by atoms with van der Waals surface area (Å²) in [5, 5.41) is 10.6. The van der Waals surface area contributed by atoms with Crippen molar-refractivity contribution in [1.82, 2.24) is 4.90 Å². The van der Waals surface area contributed by atoms with Gasteiger partial charge in [-0.2, -0.15) is 5.26 Å². The lowest BCUT2D eigenvalue weighted by Gasteiger charge is -2.32. The van der Waals surface area contributed by atoms with Crippen molar-refractivity contribution in [3.8, 4) is 6.07 Å². The molecule has 3 rings (SSSR count). The zero-order valence-corrected chi connectivity index (χ0v) is 16.3. The average molecular weight is 415 g/mol. The fourth-order valence-corrected chi connectivity index (χ4v) is 4.30. The quantitative estimate of drug-likeness (QED) is 0.688. The number of ether oxygens (including phenoxy) is 1. The summed E-state index contributed by atoms with van der Waals surface area (Å²) in [6, 6.07) is 6.62. The van der Waals surface area contributed by atoms with Gasteiger partial charge < -0.3 is 21.1 Å². The molecule has 2 heterocycles. The summed E-state index contributed by atoms with van der Waals surface area (Å²) in [6.07, 6.45) is 4.28. The Kier molecular flexibility index (Phi) is 5.36. The number of nitriles is 1. The van der Waals surface area contributed by atoms with Crippen molar-refractivity contribution in [2.24, 2.45) is 16.9 Å². The number of hydrogen-bond donors (Lipinski definition) is 2. The van der Waals surface area contributed by atoms with E-state index in [0.717, 1.165) is 0 Å². The molecule has 1 aromatic carbocycles. The van der Waals surface area contributed by atoms with E-state index in [1.807, 2.05) is 0 Å². The minimum atomic E-state index is -1.80. The number of rotatable bonds is 5. The van der Waals surface area contributed by atoms with Gasteiger partial charge in [-0.25, -0.2) is 0 Å². The summed E-state index contributed by atoms with van der Waals surface area (Å²) in [5.41, 5.74) is 9.87. The Labute approximate surface area is 172 Å². The van der Waals surface area contributed by atoms with Crippen molar-refractivity contribution < 1.29 is 19.1 Å². The van der Waals surface area contributed by atoms with E-state index < -0.39 is 41.2 Å². The standard InChI is InChI=1S/C20H19ClN4O4/c1-2-29-19(28)20(10-22)14-7-6-12(17(23)26)9-25(14)16(18(24)27)15(20)11-4-3-5-13(21)8-11/h3-9,14-16H,2H2,1H3,(H2,23,26)(H2,24,27)/t14-,15+,16+,20+/m1/s1. The molecule has 0 aromatic heterocycles. The number of primary amides is 2. The molecule has 29 heavy (non-hydrogen) atoms. The number of esters is 1. The van der Waals surface area contributed by atoms with E-state index >= 15 is 0 Å². The lowest BCUT2D eigenvalue weighted by atomic mass is 9.68. The van der Waals surface area contributed by atoms with Gasteiger partial charge in [-0.15, -0.1) is 0 Å². The fraction of sp³-hybridized carbons (Fsp3) is 0.300. The molecule has 0 spiro atoms. The number of carbonyl (C=O) groups excluding carboxylic acids is 3. The molecule has 0 saturated carbocycles. The Morgan fingerprint density at radius 3 is 2.62 bits per heavy atom. The zero-order valence-electron chi connectivity index (χ0n) is 15.5. The van der Waals surface area contributed by atoms with Gasteiger partial charge in [-0.05, 0) is 30.7 Å². The van der Waals surface area contributed by atoms with Gasteiger partial charge in [0.1, 0.15) is 6.04 Å². The normalized spacial score (nSPS) is 27.6. The highest BCUT2D eigenvalue weighted by Crippen LogP contribution is 2.53. The smallest absolute Gasteiger partial charge is 0.329 e. The van der Waals surface area contributed by atoms with Gasteiger partial charge in [0, 0.05) is 17.1 Å². The van der Waals surface area contributed by atoms with Crippen LogP contribution in [0.3, 0.4) is 0 Å². The van der Waals surface area contributed by atoms with E-state index in [2.05, 4.69) is 6.07 Å². The predicted octanol–water partition coefficient (Wildman–Crippen LogP) is 0.974. The maximum Gasteiger partial charge on any atom is 0.329 e. The number of nitrogens with zero attached hydrogens (tertiary/aromatic N) is 2. The van der Waals surface area contributed by atoms with Gasteiger partial charge in [0.25, 0.3) is 0 Å². The van der Waals surface area contributed by atoms with E-state index in [0.29, 0.717) is 10.6 Å². The lowest BCUT2D eigenvalue weighted by Crippen LogP contribution is -2.45. The Morgan fingerprint density at radius 1 is 1.34 bits per heavy atom. The van der Waals surface area contributed by atoms with Gasteiger partial charge in [0.15, 0.2) is 5.41 Å². The number of carbonyl (C=O) groups is 3. The highest BCUT2D eigenvalue weighted by molar-refractivity contribution is 6.30. The SMILES string of the molecule is CCOC(=O)[C@]1(C#N)[C@@H](c2cccc(Cl)c2)[C@@H](C(N)=O)N2C=C(C(N)=O)C=C[C@@H]21. The van der Waals surface area contributed by atoms with Crippen LogP contribution in [0.2, 0.25) is 5.02 Å². The predicted molar refractivity (Wildman–Crippen MR) is 104 cm³/mol. The van der Waals surface area contributed by atoms with Crippen LogP contribution in [-0.2, 0) is 19.1 Å². The first-order valence-electron chi connectivity index (χ1n) is 8.88. The van der Waals surface area contributed by atoms with Gasteiger partial charge >= 0.3 is 5.97 Å². The van der Waals surface area contributed by atoms with Crippen LogP contribution in [0, 0.1) is 16.7 Å². The molecule has 0 aliphatic carbocycles. The largest absolute Gasteiger partial charge is 0.465 e. The summed E-state index contributed by atoms with van der Waals surface area (Å²) in [4.78, 5) is 38.7. The van der Waals surface area contributed by atoms with Crippen molar-refractivity contribution in [1.29, 1.82) is 5.26 Å². The highest BCUT2D eigenvalue weighted by atomic mass is 35.5. The summed E-state index contributed by atoms with van der Waals surface area (Å²) < 4.78 is 5.23. The Hall–Kier alpha value is -3.31. The van der Waals surface area contributed by atoms with E-state index in [-0.39, 0.29) is 12.2 Å². The number of halogens is 1. The molecule has 2 aliphatic heterocycles. The number of amides is 2. The van der Waals surface area contributed by atoms with Crippen LogP contribution in [0.15, 0.2) is 48.2 Å². The Bertz CT molecular complexity index is 983. The molecule has 1 saturated heterocycles. The average Bonchev–Trinajstić information content (AvgIpc) is 2.99. The Balaban J connectivity index is 2.30. The van der Waals surface area contributed by atoms with Crippen molar-refractivity contribution in [3.63, 3.8) is 0 Å². The fourth-order valence-electron chi connectivity index (χ4n) is 4.11. The van der Waals surface area contributed by atoms with E-state index in [9.17, 15) is 19.6 Å². The van der Waals surface area contributed by atoms with Crippen LogP contribution in [-0.4, -0.2) is 41.4 Å². The van der Waals surface area contributed by atoms with E-state index in [1.165, 1.54) is 23.3 Å². The first kappa shape index (κ1) is 20.4. The molecule has 4 atom stereocenters. The lowest BCUT2D eigenvalue weighted by molar-refractivity contribution is -0.153. The molecule has 0 bridgehead atoms. The van der Waals surface area contributed by atoms with E-state index in [1.54, 1.807) is 31.2 Å². The summed E-state index contributed by atoms with van der Waals surface area (Å²) in [7, 11) is 0. The summed E-state index contributed by atoms with van der Waals surface area (Å²) >= 11 is 6.13. The Morgan fingerprint density at radius 2 is 2.07 bits per heavy atom. The van der Waals surface area contributed by atoms with Crippen LogP contribution in [0.25, 0.3) is 0 Å². The maximum absolute atomic E-state index is 13.1. The third-order valence-corrected chi connectivity index (χ3v) is 5.48. The van der Waals surface area contributed by atoms with Crippen molar-refractivity contribution in [2.75, 3.05) is 6.61 Å². The number of hydrogen-bond acceptors (Lipinski definition) is 6. The molecular formula is C20H19ClN4O4. The van der Waals surface area contributed by atoms with Crippen LogP contribution in [0.5, 0.6) is 0 Å². The number of fused-ring (bicyclic) bond motifs is 1.